The van der Waals surface area contributed by atoms with Crippen molar-refractivity contribution in [1.82, 2.24) is 4.90 Å². The first-order chi connectivity index (χ1) is 9.28. The lowest BCUT2D eigenvalue weighted by Crippen LogP contribution is -2.46. The lowest BCUT2D eigenvalue weighted by Gasteiger charge is -2.38. The lowest BCUT2D eigenvalue weighted by atomic mass is 10.0. The van der Waals surface area contributed by atoms with Crippen LogP contribution in [0.15, 0.2) is 24.3 Å². The monoisotopic (exact) mass is 264 g/mol. The Morgan fingerprint density at radius 3 is 2.74 bits per heavy atom. The van der Waals surface area contributed by atoms with E-state index in [9.17, 15) is 0 Å². The fourth-order valence-electron chi connectivity index (χ4n) is 2.70. The first kappa shape index (κ1) is 14.3. The van der Waals surface area contributed by atoms with Crippen molar-refractivity contribution in [3.63, 3.8) is 0 Å². The highest BCUT2D eigenvalue weighted by molar-refractivity contribution is 5.29. The summed E-state index contributed by atoms with van der Waals surface area (Å²) < 4.78 is 10.9. The Morgan fingerprint density at radius 1 is 1.42 bits per heavy atom. The summed E-state index contributed by atoms with van der Waals surface area (Å²) >= 11 is 0. The van der Waals surface area contributed by atoms with Gasteiger partial charge in [-0.1, -0.05) is 19.1 Å². The van der Waals surface area contributed by atoms with E-state index in [4.69, 9.17) is 15.2 Å². The van der Waals surface area contributed by atoms with Crippen molar-refractivity contribution in [3.05, 3.63) is 29.8 Å². The molecule has 0 aliphatic carbocycles. The molecule has 1 aromatic carbocycles. The number of benzene rings is 1. The van der Waals surface area contributed by atoms with E-state index < -0.39 is 0 Å². The fourth-order valence-corrected chi connectivity index (χ4v) is 2.70. The average Bonchev–Trinajstić information content (AvgIpc) is 2.49. The molecule has 19 heavy (non-hydrogen) atoms. The van der Waals surface area contributed by atoms with E-state index in [0.717, 1.165) is 31.9 Å². The smallest absolute Gasteiger partial charge is 0.118 e. The van der Waals surface area contributed by atoms with Gasteiger partial charge >= 0.3 is 0 Å². The summed E-state index contributed by atoms with van der Waals surface area (Å²) in [6.07, 6.45) is 1.25. The summed E-state index contributed by atoms with van der Waals surface area (Å²) in [5, 5.41) is 0. The van der Waals surface area contributed by atoms with Crippen LogP contribution in [0.3, 0.4) is 0 Å². The summed E-state index contributed by atoms with van der Waals surface area (Å²) in [5.74, 6) is 0.903. The van der Waals surface area contributed by atoms with Crippen LogP contribution < -0.4 is 10.5 Å². The Labute approximate surface area is 115 Å². The largest absolute Gasteiger partial charge is 0.497 e. The summed E-state index contributed by atoms with van der Waals surface area (Å²) in [7, 11) is 1.69. The second-order valence-corrected chi connectivity index (χ2v) is 4.92. The Balaban J connectivity index is 2.09. The standard InChI is InChI=1S/C15H24N2O2/c1-3-15(12-4-6-13(18-2)7-5-12)17-8-9-19-14(10-16)11-17/h4-7,14-15H,3,8-11,16H2,1-2H3. The van der Waals surface area contributed by atoms with E-state index in [-0.39, 0.29) is 6.10 Å². The number of methoxy groups -OCH3 is 1. The molecule has 0 aromatic heterocycles. The number of rotatable bonds is 5. The molecule has 2 unspecified atom stereocenters. The molecule has 4 nitrogen and oxygen atoms in total. The SMILES string of the molecule is CCC(c1ccc(OC)cc1)N1CCOC(CN)C1. The van der Waals surface area contributed by atoms with Crippen molar-refractivity contribution >= 4 is 0 Å². The predicted octanol–water partition coefficient (Wildman–Crippen LogP) is 1.81. The molecule has 1 fully saturated rings. The van der Waals surface area contributed by atoms with Crippen molar-refractivity contribution in [2.24, 2.45) is 5.73 Å². The lowest BCUT2D eigenvalue weighted by molar-refractivity contribution is -0.0396. The highest BCUT2D eigenvalue weighted by Gasteiger charge is 2.25. The molecule has 0 bridgehead atoms. The van der Waals surface area contributed by atoms with Gasteiger partial charge in [0.2, 0.25) is 0 Å². The molecule has 1 saturated heterocycles. The highest BCUT2D eigenvalue weighted by Crippen LogP contribution is 2.27. The van der Waals surface area contributed by atoms with Gasteiger partial charge in [0, 0.05) is 25.7 Å². The number of morpholine rings is 1. The summed E-state index contributed by atoms with van der Waals surface area (Å²) in [6, 6.07) is 8.79. The van der Waals surface area contributed by atoms with Crippen molar-refractivity contribution in [3.8, 4) is 5.75 Å². The number of hydrogen-bond acceptors (Lipinski definition) is 4. The molecule has 2 N–H and O–H groups in total. The molecule has 1 aliphatic heterocycles. The van der Waals surface area contributed by atoms with E-state index >= 15 is 0 Å². The van der Waals surface area contributed by atoms with E-state index in [1.807, 2.05) is 12.1 Å². The molecular formula is C15H24N2O2. The summed E-state index contributed by atoms with van der Waals surface area (Å²) in [5.41, 5.74) is 7.05. The number of hydrogen-bond donors (Lipinski definition) is 1. The molecule has 0 spiro atoms. The van der Waals surface area contributed by atoms with Gasteiger partial charge in [0.1, 0.15) is 5.75 Å². The maximum Gasteiger partial charge on any atom is 0.118 e. The van der Waals surface area contributed by atoms with Gasteiger partial charge < -0.3 is 15.2 Å². The van der Waals surface area contributed by atoms with Crippen LogP contribution in [0.4, 0.5) is 0 Å². The van der Waals surface area contributed by atoms with E-state index in [2.05, 4.69) is 24.0 Å². The quantitative estimate of drug-likeness (QED) is 0.881. The Kier molecular flexibility index (Phi) is 5.19. The van der Waals surface area contributed by atoms with E-state index in [0.29, 0.717) is 12.6 Å². The molecule has 1 aromatic rings. The van der Waals surface area contributed by atoms with Crippen LogP contribution in [0.25, 0.3) is 0 Å². The molecule has 1 aliphatic rings. The van der Waals surface area contributed by atoms with Crippen LogP contribution in [0.2, 0.25) is 0 Å². The number of nitrogens with zero attached hydrogens (tertiary/aromatic N) is 1. The van der Waals surface area contributed by atoms with Gasteiger partial charge in [-0.2, -0.15) is 0 Å². The average molecular weight is 264 g/mol. The number of nitrogens with two attached hydrogens (primary N) is 1. The van der Waals surface area contributed by atoms with E-state index in [1.54, 1.807) is 7.11 Å². The van der Waals surface area contributed by atoms with Gasteiger partial charge in [-0.05, 0) is 24.1 Å². The topological polar surface area (TPSA) is 47.7 Å². The molecular weight excluding hydrogens is 240 g/mol. The zero-order valence-corrected chi connectivity index (χ0v) is 11.8. The second-order valence-electron chi connectivity index (χ2n) is 4.92. The van der Waals surface area contributed by atoms with Crippen molar-refractivity contribution in [2.45, 2.75) is 25.5 Å². The van der Waals surface area contributed by atoms with Crippen LogP contribution in [-0.2, 0) is 4.74 Å². The van der Waals surface area contributed by atoms with Gasteiger partial charge in [0.15, 0.2) is 0 Å². The van der Waals surface area contributed by atoms with Crippen molar-refractivity contribution in [1.29, 1.82) is 0 Å². The van der Waals surface area contributed by atoms with Gasteiger partial charge in [-0.3, -0.25) is 4.90 Å². The molecule has 1 heterocycles. The minimum absolute atomic E-state index is 0.168. The molecule has 106 valence electrons. The van der Waals surface area contributed by atoms with Crippen molar-refractivity contribution < 1.29 is 9.47 Å². The second kappa shape index (κ2) is 6.89. The van der Waals surface area contributed by atoms with Crippen LogP contribution in [0, 0.1) is 0 Å². The van der Waals surface area contributed by atoms with Crippen molar-refractivity contribution in [2.75, 3.05) is 33.4 Å². The minimum atomic E-state index is 0.168. The van der Waals surface area contributed by atoms with Crippen LogP contribution in [-0.4, -0.2) is 44.4 Å². The Morgan fingerprint density at radius 2 is 2.16 bits per heavy atom. The molecule has 0 amide bonds. The normalized spacial score (nSPS) is 22.2. The maximum atomic E-state index is 5.72. The predicted molar refractivity (Wildman–Crippen MR) is 76.4 cm³/mol. The molecule has 2 atom stereocenters. The molecule has 0 radical (unpaired) electrons. The molecule has 4 heteroatoms. The third kappa shape index (κ3) is 3.47. The van der Waals surface area contributed by atoms with Gasteiger partial charge in [-0.25, -0.2) is 0 Å². The number of ether oxygens (including phenoxy) is 2. The zero-order valence-electron chi connectivity index (χ0n) is 11.8. The zero-order chi connectivity index (χ0) is 13.7. The Bertz CT molecular complexity index is 380. The van der Waals surface area contributed by atoms with Gasteiger partial charge in [0.05, 0.1) is 19.8 Å². The fraction of sp³-hybridized carbons (Fsp3) is 0.600. The van der Waals surface area contributed by atoms with Gasteiger partial charge in [0.25, 0.3) is 0 Å². The minimum Gasteiger partial charge on any atom is -0.497 e. The molecule has 0 saturated carbocycles. The molecule has 2 rings (SSSR count). The maximum absolute atomic E-state index is 5.72. The van der Waals surface area contributed by atoms with Gasteiger partial charge in [-0.15, -0.1) is 0 Å². The first-order valence-electron chi connectivity index (χ1n) is 6.98. The Hall–Kier alpha value is -1.10. The van der Waals surface area contributed by atoms with Crippen LogP contribution in [0.1, 0.15) is 24.9 Å². The summed E-state index contributed by atoms with van der Waals surface area (Å²) in [6.45, 7) is 5.48. The third-order valence-electron chi connectivity index (χ3n) is 3.76. The highest BCUT2D eigenvalue weighted by atomic mass is 16.5. The van der Waals surface area contributed by atoms with E-state index in [1.165, 1.54) is 5.56 Å². The van der Waals surface area contributed by atoms with Crippen LogP contribution in [0.5, 0.6) is 5.75 Å². The van der Waals surface area contributed by atoms with Crippen LogP contribution >= 0.6 is 0 Å². The summed E-state index contributed by atoms with van der Waals surface area (Å²) in [4.78, 5) is 2.48. The first-order valence-corrected chi connectivity index (χ1v) is 6.98. The third-order valence-corrected chi connectivity index (χ3v) is 3.76.